The van der Waals surface area contributed by atoms with Crippen molar-refractivity contribution in [3.63, 3.8) is 0 Å². The summed E-state index contributed by atoms with van der Waals surface area (Å²) in [6, 6.07) is 13.5. The van der Waals surface area contributed by atoms with Gasteiger partial charge in [0.15, 0.2) is 0 Å². The van der Waals surface area contributed by atoms with Gasteiger partial charge in [0.05, 0.1) is 24.3 Å². The Balaban J connectivity index is 2.42. The minimum absolute atomic E-state index is 0.719. The van der Waals surface area contributed by atoms with Gasteiger partial charge in [-0.25, -0.2) is 0 Å². The van der Waals surface area contributed by atoms with Crippen LogP contribution in [0.5, 0.6) is 11.5 Å². The first-order valence-electron chi connectivity index (χ1n) is 5.73. The van der Waals surface area contributed by atoms with E-state index in [1.165, 1.54) is 0 Å². The molecule has 0 N–H and O–H groups in total. The molecule has 0 heterocycles. The van der Waals surface area contributed by atoms with E-state index in [9.17, 15) is 0 Å². The number of methoxy groups -OCH3 is 2. The number of ether oxygens (including phenoxy) is 2. The van der Waals surface area contributed by atoms with E-state index in [2.05, 4.69) is 27.8 Å². The molecule has 0 saturated heterocycles. The Bertz CT molecular complexity index is 624. The van der Waals surface area contributed by atoms with Gasteiger partial charge in [-0.3, -0.25) is 0 Å². The third kappa shape index (κ3) is 3.30. The fourth-order valence-electron chi connectivity index (χ4n) is 1.62. The molecule has 3 heteroatoms. The summed E-state index contributed by atoms with van der Waals surface area (Å²) in [5, 5.41) is 0. The van der Waals surface area contributed by atoms with Crippen LogP contribution < -0.4 is 9.47 Å². The Labute approximate surface area is 121 Å². The molecule has 2 aromatic carbocycles. The smallest absolute Gasteiger partial charge is 0.135 e. The molecule has 0 aliphatic carbocycles. The lowest BCUT2D eigenvalue weighted by molar-refractivity contribution is 0.400. The number of benzene rings is 2. The molecule has 0 atom stereocenters. The Hall–Kier alpha value is -1.92. The highest BCUT2D eigenvalue weighted by Crippen LogP contribution is 2.32. The third-order valence-electron chi connectivity index (χ3n) is 2.59. The Morgan fingerprint density at radius 2 is 1.58 bits per heavy atom. The zero-order chi connectivity index (χ0) is 13.7. The van der Waals surface area contributed by atoms with E-state index in [0.717, 1.165) is 27.1 Å². The first-order chi connectivity index (χ1) is 9.24. The van der Waals surface area contributed by atoms with Crippen LogP contribution in [0.15, 0.2) is 46.9 Å². The average Bonchev–Trinajstić information content (AvgIpc) is 2.46. The maximum Gasteiger partial charge on any atom is 0.135 e. The lowest BCUT2D eigenvalue weighted by Crippen LogP contribution is -1.91. The molecule has 2 rings (SSSR count). The van der Waals surface area contributed by atoms with Gasteiger partial charge in [0.2, 0.25) is 0 Å². The minimum atomic E-state index is 0.719. The third-order valence-corrected chi connectivity index (χ3v) is 3.21. The van der Waals surface area contributed by atoms with Crippen LogP contribution in [0.2, 0.25) is 0 Å². The molecular weight excluding hydrogens is 304 g/mol. The van der Waals surface area contributed by atoms with Crippen molar-refractivity contribution < 1.29 is 9.47 Å². The second-order valence-corrected chi connectivity index (χ2v) is 4.66. The van der Waals surface area contributed by atoms with Gasteiger partial charge in [0, 0.05) is 11.6 Å². The van der Waals surface area contributed by atoms with E-state index in [1.54, 1.807) is 14.2 Å². The second kappa shape index (κ2) is 6.31. The molecule has 2 nitrogen and oxygen atoms in total. The van der Waals surface area contributed by atoms with E-state index in [4.69, 9.17) is 9.47 Å². The maximum absolute atomic E-state index is 5.33. The zero-order valence-corrected chi connectivity index (χ0v) is 12.3. The van der Waals surface area contributed by atoms with Gasteiger partial charge in [-0.1, -0.05) is 30.0 Å². The Morgan fingerprint density at radius 1 is 0.895 bits per heavy atom. The maximum atomic E-state index is 5.33. The van der Waals surface area contributed by atoms with E-state index < -0.39 is 0 Å². The molecule has 19 heavy (non-hydrogen) atoms. The fourth-order valence-corrected chi connectivity index (χ4v) is 2.10. The van der Waals surface area contributed by atoms with Crippen molar-refractivity contribution >= 4 is 15.9 Å². The van der Waals surface area contributed by atoms with Gasteiger partial charge >= 0.3 is 0 Å². The van der Waals surface area contributed by atoms with Crippen molar-refractivity contribution in [3.8, 4) is 23.3 Å². The molecule has 2 aromatic rings. The van der Waals surface area contributed by atoms with Crippen molar-refractivity contribution in [2.24, 2.45) is 0 Å². The Morgan fingerprint density at radius 3 is 2.21 bits per heavy atom. The van der Waals surface area contributed by atoms with Gasteiger partial charge in [-0.15, -0.1) is 0 Å². The monoisotopic (exact) mass is 316 g/mol. The molecule has 0 radical (unpaired) electrons. The van der Waals surface area contributed by atoms with Gasteiger partial charge in [0.1, 0.15) is 11.5 Å². The quantitative estimate of drug-likeness (QED) is 0.783. The van der Waals surface area contributed by atoms with Crippen LogP contribution >= 0.6 is 15.9 Å². The molecule has 0 bridgehead atoms. The van der Waals surface area contributed by atoms with E-state index in [0.29, 0.717) is 0 Å². The lowest BCUT2D eigenvalue weighted by Gasteiger charge is -2.08. The summed E-state index contributed by atoms with van der Waals surface area (Å²) < 4.78 is 11.4. The van der Waals surface area contributed by atoms with Crippen LogP contribution in [-0.4, -0.2) is 14.2 Å². The van der Waals surface area contributed by atoms with Crippen LogP contribution in [0.25, 0.3) is 0 Å². The van der Waals surface area contributed by atoms with Gasteiger partial charge in [0.25, 0.3) is 0 Å². The van der Waals surface area contributed by atoms with Crippen molar-refractivity contribution in [2.75, 3.05) is 14.2 Å². The van der Waals surface area contributed by atoms with E-state index >= 15 is 0 Å². The lowest BCUT2D eigenvalue weighted by atomic mass is 10.1. The van der Waals surface area contributed by atoms with Crippen molar-refractivity contribution in [1.82, 2.24) is 0 Å². The van der Waals surface area contributed by atoms with Gasteiger partial charge < -0.3 is 9.47 Å². The van der Waals surface area contributed by atoms with Crippen molar-refractivity contribution in [1.29, 1.82) is 0 Å². The van der Waals surface area contributed by atoms with Crippen molar-refractivity contribution in [3.05, 3.63) is 58.1 Å². The van der Waals surface area contributed by atoms with Crippen molar-refractivity contribution in [2.45, 2.75) is 0 Å². The molecule has 0 saturated carbocycles. The number of halogens is 1. The normalized spacial score (nSPS) is 9.42. The average molecular weight is 317 g/mol. The van der Waals surface area contributed by atoms with Gasteiger partial charge in [-0.2, -0.15) is 0 Å². The first-order valence-corrected chi connectivity index (χ1v) is 6.52. The predicted octanol–water partition coefficient (Wildman–Crippen LogP) is 3.87. The summed E-state index contributed by atoms with van der Waals surface area (Å²) in [6.45, 7) is 0. The number of rotatable bonds is 2. The highest BCUT2D eigenvalue weighted by molar-refractivity contribution is 9.10. The zero-order valence-electron chi connectivity index (χ0n) is 10.7. The number of hydrogen-bond acceptors (Lipinski definition) is 2. The minimum Gasteiger partial charge on any atom is -0.496 e. The standard InChI is InChI=1S/C16H13BrO2/c1-18-15-11-14(17)16(19-2)10-13(15)9-8-12-6-4-3-5-7-12/h3-7,10-11H,1-2H3. The van der Waals surface area contributed by atoms with Crippen LogP contribution in [-0.2, 0) is 0 Å². The van der Waals surface area contributed by atoms with E-state index in [-0.39, 0.29) is 0 Å². The molecular formula is C16H13BrO2. The second-order valence-electron chi connectivity index (χ2n) is 3.80. The Kier molecular flexibility index (Phi) is 4.48. The molecule has 0 fully saturated rings. The summed E-state index contributed by atoms with van der Waals surface area (Å²) in [5.41, 5.74) is 1.76. The molecule has 0 aliphatic heterocycles. The fraction of sp³-hybridized carbons (Fsp3) is 0.125. The van der Waals surface area contributed by atoms with E-state index in [1.807, 2.05) is 42.5 Å². The molecule has 0 aromatic heterocycles. The summed E-state index contributed by atoms with van der Waals surface area (Å²) in [6.07, 6.45) is 0. The summed E-state index contributed by atoms with van der Waals surface area (Å²) in [5.74, 6) is 7.67. The highest BCUT2D eigenvalue weighted by Gasteiger charge is 2.07. The predicted molar refractivity (Wildman–Crippen MR) is 79.7 cm³/mol. The van der Waals surface area contributed by atoms with Gasteiger partial charge in [-0.05, 0) is 34.1 Å². The topological polar surface area (TPSA) is 18.5 Å². The molecule has 0 amide bonds. The number of hydrogen-bond donors (Lipinski definition) is 0. The van der Waals surface area contributed by atoms with Crippen LogP contribution in [0.1, 0.15) is 11.1 Å². The largest absolute Gasteiger partial charge is 0.496 e. The van der Waals surface area contributed by atoms with Crippen LogP contribution in [0.4, 0.5) is 0 Å². The highest BCUT2D eigenvalue weighted by atomic mass is 79.9. The van der Waals surface area contributed by atoms with Crippen LogP contribution in [0, 0.1) is 11.8 Å². The SMILES string of the molecule is COc1cc(C#Cc2ccccc2)c(OC)cc1Br. The molecule has 0 spiro atoms. The summed E-state index contributed by atoms with van der Waals surface area (Å²) in [7, 11) is 3.25. The molecule has 0 unspecified atom stereocenters. The van der Waals surface area contributed by atoms with Crippen LogP contribution in [0.3, 0.4) is 0 Å². The summed E-state index contributed by atoms with van der Waals surface area (Å²) >= 11 is 3.43. The summed E-state index contributed by atoms with van der Waals surface area (Å²) in [4.78, 5) is 0. The first kappa shape index (κ1) is 13.5. The molecule has 0 aliphatic rings. The molecule has 96 valence electrons.